The third-order valence-corrected chi connectivity index (χ3v) is 5.03. The highest BCUT2D eigenvalue weighted by Gasteiger charge is 2.23. The lowest BCUT2D eigenvalue weighted by atomic mass is 9.96. The molecule has 28 heavy (non-hydrogen) atoms. The first kappa shape index (κ1) is 19.7. The lowest BCUT2D eigenvalue weighted by Crippen LogP contribution is -2.27. The van der Waals surface area contributed by atoms with Crippen molar-refractivity contribution in [2.45, 2.75) is 45.1 Å². The van der Waals surface area contributed by atoms with E-state index < -0.39 is 6.03 Å². The van der Waals surface area contributed by atoms with E-state index in [0.717, 1.165) is 23.7 Å². The van der Waals surface area contributed by atoms with Crippen molar-refractivity contribution in [3.63, 3.8) is 0 Å². The van der Waals surface area contributed by atoms with Crippen LogP contribution in [0.2, 0.25) is 0 Å². The molecule has 1 aliphatic carbocycles. The molecule has 0 atom stereocenters. The number of nitrogens with zero attached hydrogens (tertiary/aromatic N) is 3. The molecule has 0 unspecified atom stereocenters. The standard InChI is InChI=1S/C21H26N4O3/c1-4-5-9-15(2)25(27)21(26)22-19-12-16-14-24(17-10-7-6-8-11-17)23-18(16)13-20(19)28-3/h4-5,9,12-14,17H,1,6-8,10-11H2,2-3H3,(H-,22,26,27)/p+1/b9-5-,25-15+. The zero-order valence-electron chi connectivity index (χ0n) is 16.4. The SMILES string of the molecule is C=C/C=C\C(C)=[N+](\O)C(=O)Nc1cc2cn(C3CCCCC3)nc2cc1OC. The van der Waals surface area contributed by atoms with E-state index in [-0.39, 0.29) is 0 Å². The summed E-state index contributed by atoms with van der Waals surface area (Å²) in [4.78, 5) is 12.4. The first-order valence-electron chi connectivity index (χ1n) is 9.53. The Hall–Kier alpha value is -3.09. The number of hydrogen-bond donors (Lipinski definition) is 2. The Morgan fingerprint density at radius 2 is 2.14 bits per heavy atom. The molecule has 2 amide bonds. The molecule has 1 saturated carbocycles. The van der Waals surface area contributed by atoms with Gasteiger partial charge in [-0.3, -0.25) is 4.68 Å². The highest BCUT2D eigenvalue weighted by molar-refractivity contribution is 5.97. The van der Waals surface area contributed by atoms with Crippen molar-refractivity contribution < 1.29 is 19.5 Å². The van der Waals surface area contributed by atoms with Gasteiger partial charge in [0.1, 0.15) is 0 Å². The third-order valence-electron chi connectivity index (χ3n) is 5.03. The van der Waals surface area contributed by atoms with Gasteiger partial charge in [0.05, 0.1) is 18.7 Å². The van der Waals surface area contributed by atoms with Gasteiger partial charge >= 0.3 is 6.03 Å². The van der Waals surface area contributed by atoms with E-state index in [1.807, 2.05) is 16.9 Å². The molecule has 0 saturated heterocycles. The normalized spacial score (nSPS) is 16.2. The molecule has 1 heterocycles. The number of hydroxylamine groups is 1. The number of hydrogen-bond acceptors (Lipinski definition) is 4. The second-order valence-electron chi connectivity index (χ2n) is 6.99. The molecule has 7 nitrogen and oxygen atoms in total. The Balaban J connectivity index is 1.88. The predicted octanol–water partition coefficient (Wildman–Crippen LogP) is 4.69. The summed E-state index contributed by atoms with van der Waals surface area (Å²) in [6, 6.07) is 3.37. The monoisotopic (exact) mass is 383 g/mol. The molecular weight excluding hydrogens is 356 g/mol. The van der Waals surface area contributed by atoms with E-state index in [1.165, 1.54) is 26.4 Å². The summed E-state index contributed by atoms with van der Waals surface area (Å²) >= 11 is 0. The van der Waals surface area contributed by atoms with Crippen LogP contribution in [-0.4, -0.2) is 38.6 Å². The summed E-state index contributed by atoms with van der Waals surface area (Å²) in [6.45, 7) is 5.19. The van der Waals surface area contributed by atoms with Gasteiger partial charge in [-0.2, -0.15) is 15.2 Å². The number of methoxy groups -OCH3 is 1. The van der Waals surface area contributed by atoms with Crippen LogP contribution >= 0.6 is 0 Å². The van der Waals surface area contributed by atoms with Gasteiger partial charge in [0.25, 0.3) is 0 Å². The van der Waals surface area contributed by atoms with Gasteiger partial charge in [-0.05, 0) is 29.7 Å². The molecule has 2 aromatic rings. The molecule has 1 aliphatic rings. The number of carbonyl (C=O) groups excluding carboxylic acids is 1. The average Bonchev–Trinajstić information content (AvgIpc) is 3.14. The van der Waals surface area contributed by atoms with E-state index >= 15 is 0 Å². The molecular formula is C21H27N4O3+. The van der Waals surface area contributed by atoms with Gasteiger partial charge in [0.2, 0.25) is 0 Å². The first-order valence-corrected chi connectivity index (χ1v) is 9.53. The number of fused-ring (bicyclic) bond motifs is 1. The Morgan fingerprint density at radius 1 is 1.39 bits per heavy atom. The number of anilines is 1. The summed E-state index contributed by atoms with van der Waals surface area (Å²) in [5.74, 6) is 0.488. The Kier molecular flexibility index (Phi) is 6.13. The zero-order valence-corrected chi connectivity index (χ0v) is 16.4. The summed E-state index contributed by atoms with van der Waals surface area (Å²) < 4.78 is 8.00. The molecule has 0 radical (unpaired) electrons. The third kappa shape index (κ3) is 4.24. The summed E-state index contributed by atoms with van der Waals surface area (Å²) in [5, 5.41) is 18.4. The minimum Gasteiger partial charge on any atom is -0.492 e. The van der Waals surface area contributed by atoms with Crippen molar-refractivity contribution in [3.05, 3.63) is 43.1 Å². The number of aromatic nitrogens is 2. The fourth-order valence-electron chi connectivity index (χ4n) is 3.48. The first-order chi connectivity index (χ1) is 13.5. The quantitative estimate of drug-likeness (QED) is 0.196. The number of nitrogens with one attached hydrogen (secondary N) is 1. The number of allylic oxidation sites excluding steroid dienone is 3. The van der Waals surface area contributed by atoms with E-state index in [0.29, 0.717) is 27.9 Å². The van der Waals surface area contributed by atoms with Crippen LogP contribution in [0.15, 0.2) is 43.1 Å². The van der Waals surface area contributed by atoms with Crippen molar-refractivity contribution >= 4 is 28.3 Å². The van der Waals surface area contributed by atoms with E-state index in [4.69, 9.17) is 9.84 Å². The Morgan fingerprint density at radius 3 is 2.82 bits per heavy atom. The number of rotatable bonds is 5. The largest absolute Gasteiger partial charge is 0.535 e. The molecule has 0 aliphatic heterocycles. The van der Waals surface area contributed by atoms with Crippen molar-refractivity contribution in [2.75, 3.05) is 12.4 Å². The molecule has 0 bridgehead atoms. The molecule has 2 N–H and O–H groups in total. The fraction of sp³-hybridized carbons (Fsp3) is 0.381. The van der Waals surface area contributed by atoms with Crippen LogP contribution in [0.1, 0.15) is 45.1 Å². The number of ether oxygens (including phenoxy) is 1. The van der Waals surface area contributed by atoms with Crippen LogP contribution < -0.4 is 10.1 Å². The molecule has 7 heteroatoms. The van der Waals surface area contributed by atoms with E-state index in [2.05, 4.69) is 11.9 Å². The molecule has 1 fully saturated rings. The average molecular weight is 383 g/mol. The van der Waals surface area contributed by atoms with Crippen LogP contribution in [0.4, 0.5) is 10.5 Å². The smallest absolute Gasteiger partial charge is 0.492 e. The number of benzene rings is 1. The maximum atomic E-state index is 12.4. The lowest BCUT2D eigenvalue weighted by molar-refractivity contribution is -0.696. The zero-order chi connectivity index (χ0) is 20.1. The minimum atomic E-state index is -0.677. The van der Waals surface area contributed by atoms with Gasteiger partial charge in [-0.1, -0.05) is 38.0 Å². The van der Waals surface area contributed by atoms with Crippen molar-refractivity contribution in [1.82, 2.24) is 9.78 Å². The highest BCUT2D eigenvalue weighted by Crippen LogP contribution is 2.33. The summed E-state index contributed by atoms with van der Waals surface area (Å²) in [6.07, 6.45) is 12.8. The van der Waals surface area contributed by atoms with Gasteiger partial charge in [-0.15, -0.1) is 0 Å². The topological polar surface area (TPSA) is 79.4 Å². The van der Waals surface area contributed by atoms with Crippen LogP contribution in [0.3, 0.4) is 0 Å². The second kappa shape index (κ2) is 8.73. The van der Waals surface area contributed by atoms with Gasteiger partial charge in [0, 0.05) is 24.6 Å². The van der Waals surface area contributed by atoms with Crippen LogP contribution in [0, 0.1) is 0 Å². The van der Waals surface area contributed by atoms with Crippen molar-refractivity contribution in [1.29, 1.82) is 0 Å². The van der Waals surface area contributed by atoms with Crippen LogP contribution in [-0.2, 0) is 0 Å². The van der Waals surface area contributed by atoms with Crippen molar-refractivity contribution in [3.8, 4) is 5.75 Å². The summed E-state index contributed by atoms with van der Waals surface area (Å²) in [5.41, 5.74) is 1.66. The number of carbonyl (C=O) groups is 1. The Bertz CT molecular complexity index is 937. The van der Waals surface area contributed by atoms with E-state index in [1.54, 1.807) is 31.2 Å². The molecule has 148 valence electrons. The molecule has 3 rings (SSSR count). The molecule has 0 spiro atoms. The van der Waals surface area contributed by atoms with Gasteiger partial charge in [-0.25, -0.2) is 0 Å². The maximum Gasteiger partial charge on any atom is 0.535 e. The van der Waals surface area contributed by atoms with Gasteiger partial charge < -0.3 is 9.94 Å². The van der Waals surface area contributed by atoms with Crippen LogP contribution in [0.25, 0.3) is 10.9 Å². The highest BCUT2D eigenvalue weighted by atomic mass is 16.5. The fourth-order valence-corrected chi connectivity index (χ4v) is 3.48. The molecule has 1 aromatic carbocycles. The number of urea groups is 1. The van der Waals surface area contributed by atoms with Gasteiger partial charge in [0.15, 0.2) is 17.1 Å². The summed E-state index contributed by atoms with van der Waals surface area (Å²) in [7, 11) is 1.54. The maximum absolute atomic E-state index is 12.4. The lowest BCUT2D eigenvalue weighted by Gasteiger charge is -2.21. The Labute approximate surface area is 164 Å². The second-order valence-corrected chi connectivity index (χ2v) is 6.99. The van der Waals surface area contributed by atoms with Crippen molar-refractivity contribution in [2.24, 2.45) is 0 Å². The number of amides is 2. The predicted molar refractivity (Wildman–Crippen MR) is 109 cm³/mol. The molecule has 1 aromatic heterocycles. The van der Waals surface area contributed by atoms with E-state index in [9.17, 15) is 10.0 Å². The van der Waals surface area contributed by atoms with Crippen LogP contribution in [0.5, 0.6) is 5.75 Å². The minimum absolute atomic E-state index is 0.363.